The number of carbonyl (C=O) groups is 2. The van der Waals surface area contributed by atoms with Crippen molar-refractivity contribution in [2.75, 3.05) is 13.2 Å². The van der Waals surface area contributed by atoms with E-state index in [1.54, 1.807) is 13.8 Å². The van der Waals surface area contributed by atoms with Crippen molar-refractivity contribution in [3.8, 4) is 0 Å². The number of carbonyl (C=O) groups excluding carboxylic acids is 2. The van der Waals surface area contributed by atoms with Crippen molar-refractivity contribution in [3.63, 3.8) is 0 Å². The molecule has 0 aromatic carbocycles. The number of rotatable bonds is 7. The van der Waals surface area contributed by atoms with Gasteiger partial charge in [-0.1, -0.05) is 26.0 Å². The van der Waals surface area contributed by atoms with Crippen LogP contribution >= 0.6 is 0 Å². The first-order chi connectivity index (χ1) is 9.88. The van der Waals surface area contributed by atoms with Crippen LogP contribution in [0.5, 0.6) is 0 Å². The zero-order valence-electron chi connectivity index (χ0n) is 13.3. The number of nitrogens with zero attached hydrogens (tertiary/aromatic N) is 3. The van der Waals surface area contributed by atoms with Crippen LogP contribution in [-0.4, -0.2) is 40.0 Å². The first kappa shape index (κ1) is 17.1. The van der Waals surface area contributed by atoms with Crippen molar-refractivity contribution in [3.05, 3.63) is 11.4 Å². The lowest BCUT2D eigenvalue weighted by molar-refractivity contribution is -0.124. The molecule has 1 atom stereocenters. The van der Waals surface area contributed by atoms with Gasteiger partial charge >= 0.3 is 5.97 Å². The number of hydrogen-bond donors (Lipinski definition) is 1. The van der Waals surface area contributed by atoms with Gasteiger partial charge in [-0.3, -0.25) is 4.79 Å². The van der Waals surface area contributed by atoms with E-state index in [1.165, 1.54) is 4.68 Å². The van der Waals surface area contributed by atoms with Crippen LogP contribution in [0.3, 0.4) is 0 Å². The van der Waals surface area contributed by atoms with Gasteiger partial charge in [0.15, 0.2) is 5.69 Å². The molecule has 7 heteroatoms. The number of ether oxygens (including phenoxy) is 1. The molecule has 0 spiro atoms. The van der Waals surface area contributed by atoms with Gasteiger partial charge in [-0.25, -0.2) is 9.48 Å². The minimum absolute atomic E-state index is 0.146. The monoisotopic (exact) mass is 296 g/mol. The van der Waals surface area contributed by atoms with Crippen LogP contribution in [0.4, 0.5) is 0 Å². The molecule has 0 saturated carbocycles. The Labute approximate surface area is 125 Å². The van der Waals surface area contributed by atoms with Gasteiger partial charge in [-0.05, 0) is 26.2 Å². The number of amides is 1. The maximum Gasteiger partial charge on any atom is 0.360 e. The SMILES string of the molecule is CCCNC(=O)C(C)n1nnc(C(=O)OCC(C)C)c1C. The Morgan fingerprint density at radius 3 is 2.57 bits per heavy atom. The molecule has 21 heavy (non-hydrogen) atoms. The first-order valence-corrected chi connectivity index (χ1v) is 7.25. The molecule has 1 rings (SSSR count). The average Bonchev–Trinajstić information content (AvgIpc) is 2.83. The fourth-order valence-electron chi connectivity index (χ4n) is 1.71. The Hall–Kier alpha value is -1.92. The maximum absolute atomic E-state index is 11.9. The van der Waals surface area contributed by atoms with Gasteiger partial charge in [-0.2, -0.15) is 0 Å². The molecule has 1 heterocycles. The zero-order chi connectivity index (χ0) is 16.0. The van der Waals surface area contributed by atoms with E-state index >= 15 is 0 Å². The predicted octanol–water partition coefficient (Wildman–Crippen LogP) is 1.49. The van der Waals surface area contributed by atoms with E-state index in [0.717, 1.165) is 6.42 Å². The molecule has 0 aliphatic heterocycles. The highest BCUT2D eigenvalue weighted by Gasteiger charge is 2.23. The Balaban J connectivity index is 2.79. The van der Waals surface area contributed by atoms with Crippen LogP contribution < -0.4 is 5.32 Å². The molecule has 0 radical (unpaired) electrons. The van der Waals surface area contributed by atoms with Gasteiger partial charge in [0, 0.05) is 6.54 Å². The fraction of sp³-hybridized carbons (Fsp3) is 0.714. The lowest BCUT2D eigenvalue weighted by atomic mass is 10.2. The Morgan fingerprint density at radius 1 is 1.33 bits per heavy atom. The van der Waals surface area contributed by atoms with Gasteiger partial charge in [-0.15, -0.1) is 5.10 Å². The first-order valence-electron chi connectivity index (χ1n) is 7.25. The number of hydrogen-bond acceptors (Lipinski definition) is 5. The second-order valence-corrected chi connectivity index (χ2v) is 5.43. The molecular formula is C14H24N4O3. The van der Waals surface area contributed by atoms with Crippen LogP contribution in [0, 0.1) is 12.8 Å². The molecule has 0 aliphatic carbocycles. The third-order valence-corrected chi connectivity index (χ3v) is 2.96. The third-order valence-electron chi connectivity index (χ3n) is 2.96. The molecule has 1 N–H and O–H groups in total. The molecule has 1 unspecified atom stereocenters. The minimum atomic E-state index is -0.518. The van der Waals surface area contributed by atoms with Gasteiger partial charge in [0.2, 0.25) is 5.91 Å². The van der Waals surface area contributed by atoms with Crippen molar-refractivity contribution in [1.29, 1.82) is 0 Å². The summed E-state index contributed by atoms with van der Waals surface area (Å²) in [5.74, 6) is -0.399. The molecule has 0 fully saturated rings. The summed E-state index contributed by atoms with van der Waals surface area (Å²) in [4.78, 5) is 23.8. The lowest BCUT2D eigenvalue weighted by Crippen LogP contribution is -2.32. The van der Waals surface area contributed by atoms with E-state index in [9.17, 15) is 9.59 Å². The molecule has 1 amide bonds. The van der Waals surface area contributed by atoms with Crippen molar-refractivity contribution in [2.45, 2.75) is 47.1 Å². The predicted molar refractivity (Wildman–Crippen MR) is 77.9 cm³/mol. The van der Waals surface area contributed by atoms with E-state index in [4.69, 9.17) is 4.74 Å². The summed E-state index contributed by atoms with van der Waals surface area (Å²) in [6, 6.07) is -0.518. The van der Waals surface area contributed by atoms with Crippen molar-refractivity contribution >= 4 is 11.9 Å². The highest BCUT2D eigenvalue weighted by Crippen LogP contribution is 2.12. The smallest absolute Gasteiger partial charge is 0.360 e. The largest absolute Gasteiger partial charge is 0.461 e. The average molecular weight is 296 g/mol. The standard InChI is InChI=1S/C14H24N4O3/c1-6-7-15-13(19)11(5)18-10(4)12(16-17-18)14(20)21-8-9(2)3/h9,11H,6-8H2,1-5H3,(H,15,19). The lowest BCUT2D eigenvalue weighted by Gasteiger charge is -2.13. The van der Waals surface area contributed by atoms with Crippen molar-refractivity contribution < 1.29 is 14.3 Å². The molecule has 1 aromatic heterocycles. The highest BCUT2D eigenvalue weighted by atomic mass is 16.5. The van der Waals surface area contributed by atoms with E-state index in [1.807, 2.05) is 20.8 Å². The van der Waals surface area contributed by atoms with Crippen LogP contribution in [-0.2, 0) is 9.53 Å². The molecule has 1 aromatic rings. The van der Waals surface area contributed by atoms with E-state index < -0.39 is 12.0 Å². The van der Waals surface area contributed by atoms with Crippen molar-refractivity contribution in [2.24, 2.45) is 5.92 Å². The van der Waals surface area contributed by atoms with Crippen LogP contribution in [0.1, 0.15) is 56.3 Å². The Morgan fingerprint density at radius 2 is 2.00 bits per heavy atom. The van der Waals surface area contributed by atoms with Crippen LogP contribution in [0.15, 0.2) is 0 Å². The number of esters is 1. The second-order valence-electron chi connectivity index (χ2n) is 5.43. The second kappa shape index (κ2) is 7.75. The minimum Gasteiger partial charge on any atom is -0.461 e. The van der Waals surface area contributed by atoms with Gasteiger partial charge in [0.25, 0.3) is 0 Å². The van der Waals surface area contributed by atoms with Crippen molar-refractivity contribution in [1.82, 2.24) is 20.3 Å². The fourth-order valence-corrected chi connectivity index (χ4v) is 1.71. The Bertz CT molecular complexity index is 496. The molecule has 0 aliphatic rings. The third kappa shape index (κ3) is 4.54. The topological polar surface area (TPSA) is 86.1 Å². The van der Waals surface area contributed by atoms with Gasteiger partial charge in [0.05, 0.1) is 12.3 Å². The van der Waals surface area contributed by atoms with E-state index in [0.29, 0.717) is 18.8 Å². The summed E-state index contributed by atoms with van der Waals surface area (Å²) in [7, 11) is 0. The number of aromatic nitrogens is 3. The molecule has 0 saturated heterocycles. The molecule has 0 bridgehead atoms. The maximum atomic E-state index is 11.9. The van der Waals surface area contributed by atoms with Gasteiger partial charge in [0.1, 0.15) is 6.04 Å². The van der Waals surface area contributed by atoms with Crippen LogP contribution in [0.25, 0.3) is 0 Å². The summed E-state index contributed by atoms with van der Waals surface area (Å²) < 4.78 is 6.57. The summed E-state index contributed by atoms with van der Waals surface area (Å²) in [5.41, 5.74) is 0.689. The normalized spacial score (nSPS) is 12.3. The van der Waals surface area contributed by atoms with E-state index in [-0.39, 0.29) is 17.5 Å². The highest BCUT2D eigenvalue weighted by molar-refractivity contribution is 5.88. The molecular weight excluding hydrogens is 272 g/mol. The Kier molecular flexibility index (Phi) is 6.33. The summed E-state index contributed by atoms with van der Waals surface area (Å²) in [6.07, 6.45) is 0.863. The van der Waals surface area contributed by atoms with Gasteiger partial charge < -0.3 is 10.1 Å². The molecule has 7 nitrogen and oxygen atoms in total. The quantitative estimate of drug-likeness (QED) is 0.770. The van der Waals surface area contributed by atoms with Crippen LogP contribution in [0.2, 0.25) is 0 Å². The van der Waals surface area contributed by atoms with E-state index in [2.05, 4.69) is 15.6 Å². The zero-order valence-corrected chi connectivity index (χ0v) is 13.3. The summed E-state index contributed by atoms with van der Waals surface area (Å²) in [5, 5.41) is 10.5. The molecule has 118 valence electrons. The number of nitrogens with one attached hydrogen (secondary N) is 1. The summed E-state index contributed by atoms with van der Waals surface area (Å²) >= 11 is 0. The summed E-state index contributed by atoms with van der Waals surface area (Å²) in [6.45, 7) is 10.3.